The summed E-state index contributed by atoms with van der Waals surface area (Å²) in [4.78, 5) is 16.5. The Morgan fingerprint density at radius 3 is 2.59 bits per heavy atom. The Morgan fingerprint density at radius 2 is 1.91 bits per heavy atom. The van der Waals surface area contributed by atoms with Crippen LogP contribution in [0.4, 0.5) is 0 Å². The van der Waals surface area contributed by atoms with Crippen LogP contribution in [0, 0.1) is 5.41 Å². The maximum Gasteiger partial charge on any atom is 0.283 e. The number of halogens is 1. The quantitative estimate of drug-likeness (QED) is 0.575. The number of nitrogens with zero attached hydrogens (tertiary/aromatic N) is 3. The van der Waals surface area contributed by atoms with Crippen molar-refractivity contribution >= 4 is 60.6 Å². The second-order valence-electron chi connectivity index (χ2n) is 7.11. The van der Waals surface area contributed by atoms with Crippen LogP contribution in [0.3, 0.4) is 0 Å². The van der Waals surface area contributed by atoms with Crippen molar-refractivity contribution in [3.8, 4) is 11.5 Å². The molecular weight excluding hydrogens is 500 g/mol. The second-order valence-corrected chi connectivity index (χ2v) is 11.0. The molecule has 2 aromatic rings. The molecule has 176 valence electrons. The predicted molar refractivity (Wildman–Crippen MR) is 133 cm³/mol. The standard InChI is InChI=1S/C22H19ClN4O5S2/c1-3-34(29,30)22-26-27-19(24)16(20(28)25-21(27)33-22)10-14-6-9-17(18(11-14)31-2)32-12-13-4-7-15(23)8-5-13/h4-11,24H,3,12H2,1-2H3/b16-10-,24-19?. The number of amides is 1. The van der Waals surface area contributed by atoms with E-state index in [9.17, 15) is 13.2 Å². The molecule has 0 fully saturated rings. The van der Waals surface area contributed by atoms with Gasteiger partial charge in [0.15, 0.2) is 17.3 Å². The molecule has 0 saturated carbocycles. The van der Waals surface area contributed by atoms with Crippen LogP contribution in [0.1, 0.15) is 18.1 Å². The van der Waals surface area contributed by atoms with Crippen molar-refractivity contribution in [3.63, 3.8) is 0 Å². The number of rotatable bonds is 6. The van der Waals surface area contributed by atoms with Gasteiger partial charge in [0.2, 0.25) is 19.4 Å². The topological polar surface area (TPSA) is 121 Å². The van der Waals surface area contributed by atoms with Crippen LogP contribution < -0.4 is 9.47 Å². The Kier molecular flexibility index (Phi) is 6.78. The molecule has 34 heavy (non-hydrogen) atoms. The van der Waals surface area contributed by atoms with Gasteiger partial charge in [0, 0.05) is 5.02 Å². The average Bonchev–Trinajstić information content (AvgIpc) is 3.27. The van der Waals surface area contributed by atoms with Gasteiger partial charge in [-0.05, 0) is 53.2 Å². The molecule has 1 amide bonds. The van der Waals surface area contributed by atoms with Crippen molar-refractivity contribution < 1.29 is 22.7 Å². The average molecular weight is 519 g/mol. The summed E-state index contributed by atoms with van der Waals surface area (Å²) in [6.45, 7) is 1.80. The molecule has 0 spiro atoms. The Hall–Kier alpha value is -3.15. The Morgan fingerprint density at radius 1 is 1.18 bits per heavy atom. The lowest BCUT2D eigenvalue weighted by Crippen LogP contribution is -2.35. The van der Waals surface area contributed by atoms with Crippen molar-refractivity contribution in [2.24, 2.45) is 10.1 Å². The molecule has 0 aromatic heterocycles. The van der Waals surface area contributed by atoms with E-state index in [1.165, 1.54) is 20.1 Å². The van der Waals surface area contributed by atoms with Crippen LogP contribution in [0.5, 0.6) is 11.5 Å². The normalized spacial score (nSPS) is 16.9. The van der Waals surface area contributed by atoms with Gasteiger partial charge in [-0.15, -0.1) is 5.10 Å². The number of thioether (sulfide) groups is 1. The summed E-state index contributed by atoms with van der Waals surface area (Å²) in [6, 6.07) is 12.3. The summed E-state index contributed by atoms with van der Waals surface area (Å²) in [6.07, 6.45) is 1.48. The zero-order valence-electron chi connectivity index (χ0n) is 18.1. The van der Waals surface area contributed by atoms with Gasteiger partial charge < -0.3 is 9.47 Å². The van der Waals surface area contributed by atoms with E-state index in [0.29, 0.717) is 28.7 Å². The Balaban J connectivity index is 1.57. The number of nitrogens with one attached hydrogen (secondary N) is 1. The molecule has 2 aromatic carbocycles. The van der Waals surface area contributed by atoms with Crippen LogP contribution in [-0.4, -0.2) is 47.6 Å². The number of sulfone groups is 1. The van der Waals surface area contributed by atoms with Gasteiger partial charge in [-0.25, -0.2) is 8.42 Å². The zero-order chi connectivity index (χ0) is 24.5. The molecule has 0 atom stereocenters. The van der Waals surface area contributed by atoms with Crippen LogP contribution in [0.2, 0.25) is 5.02 Å². The maximum atomic E-state index is 12.6. The first-order valence-electron chi connectivity index (χ1n) is 10.00. The molecule has 1 N–H and O–H groups in total. The van der Waals surface area contributed by atoms with Gasteiger partial charge in [0.25, 0.3) is 5.91 Å². The molecule has 0 saturated heterocycles. The highest BCUT2D eigenvalue weighted by molar-refractivity contribution is 8.42. The van der Waals surface area contributed by atoms with Gasteiger partial charge in [-0.3, -0.25) is 10.2 Å². The van der Waals surface area contributed by atoms with Crippen LogP contribution >= 0.6 is 23.4 Å². The second kappa shape index (κ2) is 9.61. The SMILES string of the molecule is CCS(=O)(=O)C1=NN2C(=N)/C(=C/c3ccc(OCc4ccc(Cl)cc4)c(OC)c3)C(=O)N=C2S1. The highest BCUT2D eigenvalue weighted by atomic mass is 35.5. The first-order valence-corrected chi connectivity index (χ1v) is 12.8. The van der Waals surface area contributed by atoms with Crippen molar-refractivity contribution in [1.82, 2.24) is 5.01 Å². The third kappa shape index (κ3) is 4.86. The van der Waals surface area contributed by atoms with E-state index < -0.39 is 15.7 Å². The first-order chi connectivity index (χ1) is 16.2. The highest BCUT2D eigenvalue weighted by Gasteiger charge is 2.39. The minimum atomic E-state index is -3.59. The first kappa shape index (κ1) is 24.0. The fourth-order valence-corrected chi connectivity index (χ4v) is 5.32. The number of fused-ring (bicyclic) bond motifs is 1. The van der Waals surface area contributed by atoms with E-state index in [4.69, 9.17) is 26.5 Å². The van der Waals surface area contributed by atoms with Crippen LogP contribution in [0.25, 0.3) is 6.08 Å². The van der Waals surface area contributed by atoms with Crippen LogP contribution in [-0.2, 0) is 21.2 Å². The molecule has 12 heteroatoms. The van der Waals surface area contributed by atoms with E-state index in [0.717, 1.165) is 22.3 Å². The van der Waals surface area contributed by atoms with Crippen LogP contribution in [0.15, 0.2) is 58.1 Å². The molecule has 0 aliphatic carbocycles. The van der Waals surface area contributed by atoms with Crippen molar-refractivity contribution in [1.29, 1.82) is 5.41 Å². The molecule has 4 rings (SSSR count). The molecule has 2 aliphatic rings. The number of benzene rings is 2. The number of hydrazone groups is 1. The van der Waals surface area contributed by atoms with Crippen molar-refractivity contribution in [3.05, 3.63) is 64.2 Å². The number of carbonyl (C=O) groups is 1. The fraction of sp³-hybridized carbons (Fsp3) is 0.182. The molecule has 0 bridgehead atoms. The summed E-state index contributed by atoms with van der Waals surface area (Å²) >= 11 is 6.67. The summed E-state index contributed by atoms with van der Waals surface area (Å²) in [7, 11) is -2.09. The molecule has 2 heterocycles. The fourth-order valence-electron chi connectivity index (χ4n) is 3.03. The molecular formula is C22H19ClN4O5S2. The smallest absolute Gasteiger partial charge is 0.283 e. The van der Waals surface area contributed by atoms with Gasteiger partial charge >= 0.3 is 0 Å². The third-order valence-corrected chi connectivity index (χ3v) is 8.23. The number of methoxy groups -OCH3 is 1. The summed E-state index contributed by atoms with van der Waals surface area (Å²) < 4.78 is 35.4. The largest absolute Gasteiger partial charge is 0.493 e. The van der Waals surface area contributed by atoms with E-state index >= 15 is 0 Å². The Labute approximate surface area is 205 Å². The predicted octanol–water partition coefficient (Wildman–Crippen LogP) is 3.94. The lowest BCUT2D eigenvalue weighted by Gasteiger charge is -2.20. The monoisotopic (exact) mass is 518 g/mol. The Bertz CT molecular complexity index is 1370. The summed E-state index contributed by atoms with van der Waals surface area (Å²) in [5.41, 5.74) is 1.47. The molecule has 2 aliphatic heterocycles. The third-order valence-electron chi connectivity index (χ3n) is 4.89. The number of carbonyl (C=O) groups excluding carboxylic acids is 1. The van der Waals surface area contributed by atoms with E-state index in [1.807, 2.05) is 12.1 Å². The van der Waals surface area contributed by atoms with Crippen molar-refractivity contribution in [2.45, 2.75) is 13.5 Å². The van der Waals surface area contributed by atoms with Gasteiger partial charge in [0.05, 0.1) is 18.4 Å². The zero-order valence-corrected chi connectivity index (χ0v) is 20.5. The number of hydrogen-bond donors (Lipinski definition) is 1. The molecule has 0 unspecified atom stereocenters. The number of amidine groups is 2. The molecule has 0 radical (unpaired) electrons. The van der Waals surface area contributed by atoms with E-state index in [1.54, 1.807) is 30.3 Å². The van der Waals surface area contributed by atoms with E-state index in [2.05, 4.69) is 10.1 Å². The number of aliphatic imine (C=N–C) groups is 1. The highest BCUT2D eigenvalue weighted by Crippen LogP contribution is 2.33. The minimum absolute atomic E-state index is 0.0277. The van der Waals surface area contributed by atoms with E-state index in [-0.39, 0.29) is 26.7 Å². The lowest BCUT2D eigenvalue weighted by atomic mass is 10.1. The number of ether oxygens (including phenoxy) is 2. The van der Waals surface area contributed by atoms with Gasteiger partial charge in [-0.2, -0.15) is 10.0 Å². The van der Waals surface area contributed by atoms with Crippen molar-refractivity contribution in [2.75, 3.05) is 12.9 Å². The summed E-state index contributed by atoms with van der Waals surface area (Å²) in [5, 5.41) is 14.1. The maximum absolute atomic E-state index is 12.6. The molecule has 9 nitrogen and oxygen atoms in total. The lowest BCUT2D eigenvalue weighted by molar-refractivity contribution is -0.114. The summed E-state index contributed by atoms with van der Waals surface area (Å²) in [5.74, 6) is -0.119. The minimum Gasteiger partial charge on any atom is -0.493 e. The van der Waals surface area contributed by atoms with Gasteiger partial charge in [-0.1, -0.05) is 36.7 Å². The number of hydrogen-bond acceptors (Lipinski definition) is 8. The van der Waals surface area contributed by atoms with Gasteiger partial charge in [0.1, 0.15) is 6.61 Å².